The molecule has 7 atom stereocenters. The quantitative estimate of drug-likeness (QED) is 0.0933. The molecule has 0 aliphatic carbocycles. The van der Waals surface area contributed by atoms with Gasteiger partial charge in [-0.1, -0.05) is 6.92 Å². The van der Waals surface area contributed by atoms with Gasteiger partial charge in [-0.25, -0.2) is 9.79 Å². The number of rotatable bonds is 10. The average Bonchev–Trinajstić information content (AvgIpc) is 3.49. The van der Waals surface area contributed by atoms with Crippen LogP contribution in [0.2, 0.25) is 0 Å². The summed E-state index contributed by atoms with van der Waals surface area (Å²) in [5.74, 6) is -1.67. The van der Waals surface area contributed by atoms with Crippen molar-refractivity contribution in [3.05, 3.63) is 10.6 Å². The van der Waals surface area contributed by atoms with Gasteiger partial charge in [-0.3, -0.25) is 19.8 Å². The summed E-state index contributed by atoms with van der Waals surface area (Å²) in [6, 6.07) is -0.457. The molecule has 0 unspecified atom stereocenters. The normalized spacial score (nSPS) is 33.2. The lowest BCUT2D eigenvalue weighted by molar-refractivity contribution is -0.163. The molecule has 12 nitrogen and oxygen atoms in total. The number of likely N-dealkylation sites (tertiary alicyclic amines) is 2. The average molecular weight is 539 g/mol. The second kappa shape index (κ2) is 11.3. The number of aliphatic hydroxyl groups is 1. The van der Waals surface area contributed by atoms with Crippen molar-refractivity contribution >= 4 is 35.4 Å². The van der Waals surface area contributed by atoms with Crippen LogP contribution in [0.4, 0.5) is 0 Å². The molecule has 0 saturated carbocycles. The maximum absolute atomic E-state index is 13.3. The van der Waals surface area contributed by atoms with Crippen LogP contribution in [-0.4, -0.2) is 118 Å². The zero-order valence-electron chi connectivity index (χ0n) is 21.8. The van der Waals surface area contributed by atoms with Gasteiger partial charge in [-0.15, -0.1) is 11.8 Å². The van der Waals surface area contributed by atoms with E-state index < -0.39 is 18.0 Å². The molecular weight excluding hydrogens is 500 g/mol. The van der Waals surface area contributed by atoms with E-state index in [0.29, 0.717) is 43.5 Å². The minimum Gasteiger partial charge on any atom is -0.477 e. The lowest BCUT2D eigenvalue weighted by atomic mass is 9.79. The number of thioether (sulfide) groups is 1. The molecule has 3 fully saturated rings. The fourth-order valence-corrected chi connectivity index (χ4v) is 7.49. The predicted molar refractivity (Wildman–Crippen MR) is 138 cm³/mol. The summed E-state index contributed by atoms with van der Waals surface area (Å²) in [7, 11) is 1.92. The van der Waals surface area contributed by atoms with Gasteiger partial charge >= 0.3 is 5.97 Å². The highest BCUT2D eigenvalue weighted by Crippen LogP contribution is 2.52. The van der Waals surface area contributed by atoms with Crippen molar-refractivity contribution in [1.29, 1.82) is 0 Å². The summed E-state index contributed by atoms with van der Waals surface area (Å²) in [4.78, 5) is 48.0. The van der Waals surface area contributed by atoms with Gasteiger partial charge < -0.3 is 30.5 Å². The molecule has 0 bridgehead atoms. The Hall–Kier alpha value is -2.19. The molecule has 0 spiro atoms. The van der Waals surface area contributed by atoms with Gasteiger partial charge in [-0.2, -0.15) is 0 Å². The van der Waals surface area contributed by atoms with Gasteiger partial charge in [-0.05, 0) is 33.7 Å². The van der Waals surface area contributed by atoms with Crippen LogP contribution in [0, 0.1) is 11.8 Å². The van der Waals surface area contributed by atoms with Crippen LogP contribution in [0.1, 0.15) is 33.6 Å². The Morgan fingerprint density at radius 2 is 2.08 bits per heavy atom. The maximum Gasteiger partial charge on any atom is 0.353 e. The van der Waals surface area contributed by atoms with Crippen molar-refractivity contribution in [2.24, 2.45) is 22.6 Å². The highest BCUT2D eigenvalue weighted by atomic mass is 32.2. The summed E-state index contributed by atoms with van der Waals surface area (Å²) < 4.78 is 5.40. The number of carboxylic acids is 1. The molecule has 13 heteroatoms. The molecule has 4 aliphatic rings. The first kappa shape index (κ1) is 27.8. The van der Waals surface area contributed by atoms with Crippen molar-refractivity contribution in [3.8, 4) is 0 Å². The van der Waals surface area contributed by atoms with Crippen LogP contribution in [-0.2, 0) is 19.1 Å². The first-order valence-electron chi connectivity index (χ1n) is 12.7. The highest BCUT2D eigenvalue weighted by Gasteiger charge is 2.60. The van der Waals surface area contributed by atoms with E-state index in [1.165, 1.54) is 16.7 Å². The number of amidine groups is 1. The molecule has 37 heavy (non-hydrogen) atoms. The van der Waals surface area contributed by atoms with Crippen molar-refractivity contribution in [2.45, 2.75) is 63.1 Å². The molecule has 4 heterocycles. The summed E-state index contributed by atoms with van der Waals surface area (Å²) >= 11 is 1.47. The molecule has 4 rings (SSSR count). The number of ether oxygens (including phenoxy) is 1. The first-order chi connectivity index (χ1) is 17.5. The van der Waals surface area contributed by atoms with E-state index in [-0.39, 0.29) is 53.5 Å². The number of carbonyl (C=O) groups is 3. The van der Waals surface area contributed by atoms with E-state index in [4.69, 9.17) is 10.5 Å². The maximum atomic E-state index is 13.3. The zero-order valence-corrected chi connectivity index (χ0v) is 22.6. The Bertz CT molecular complexity index is 985. The number of carboxylic acid groups (broad SMARTS) is 1. The lowest BCUT2D eigenvalue weighted by Crippen LogP contribution is -2.63. The van der Waals surface area contributed by atoms with Gasteiger partial charge in [0.1, 0.15) is 12.4 Å². The Balaban J connectivity index is 1.33. The van der Waals surface area contributed by atoms with E-state index in [1.54, 1.807) is 13.8 Å². The first-order valence-corrected chi connectivity index (χ1v) is 13.6. The van der Waals surface area contributed by atoms with Crippen molar-refractivity contribution in [2.75, 3.05) is 40.1 Å². The number of aliphatic imine (C=N–C) groups is 1. The highest BCUT2D eigenvalue weighted by molar-refractivity contribution is 8.03. The number of nitrogens with two attached hydrogens (primary N) is 1. The second-order valence-corrected chi connectivity index (χ2v) is 11.8. The molecule has 0 aromatic carbocycles. The SMILES string of the molecule is CC(N)=NCOCN[C@H]1CCN(C(=O)[C@H]2C[C@H](SC3=C(C(=O)O)N4C(=O)[C@H]([C@@H](C)O)[C@H]4[C@H]3C)CN2C)C1. The number of hydrogen-bond acceptors (Lipinski definition) is 9. The number of amides is 2. The number of aliphatic hydroxyl groups excluding tert-OH is 1. The van der Waals surface area contributed by atoms with Gasteiger partial charge in [0.2, 0.25) is 11.8 Å². The third kappa shape index (κ3) is 5.51. The molecule has 2 amide bonds. The summed E-state index contributed by atoms with van der Waals surface area (Å²) in [5.41, 5.74) is 5.52. The summed E-state index contributed by atoms with van der Waals surface area (Å²) in [6.45, 7) is 7.65. The standard InChI is InChI=1S/C24H38N6O6S/c1-12-19-18(13(2)31)23(33)30(19)20(24(34)35)21(12)37-16-7-17(28(4)9-16)22(32)29-6-5-15(8-29)27-11-36-10-26-14(3)25/h12-13,15-19,27,31H,5-11H2,1-4H3,(H2,25,26)(H,34,35)/t12-,13-,15+,16+,17-,18-,19-/m1/s1. The van der Waals surface area contributed by atoms with E-state index in [9.17, 15) is 24.6 Å². The smallest absolute Gasteiger partial charge is 0.353 e. The van der Waals surface area contributed by atoms with Gasteiger partial charge in [0.25, 0.3) is 0 Å². The molecule has 0 radical (unpaired) electrons. The van der Waals surface area contributed by atoms with Crippen LogP contribution in [0.25, 0.3) is 0 Å². The van der Waals surface area contributed by atoms with Gasteiger partial charge in [0.05, 0.1) is 36.7 Å². The number of aliphatic carboxylic acids is 1. The van der Waals surface area contributed by atoms with E-state index in [1.807, 2.05) is 23.8 Å². The third-order valence-corrected chi connectivity index (χ3v) is 9.27. The molecule has 206 valence electrons. The second-order valence-electron chi connectivity index (χ2n) is 10.5. The van der Waals surface area contributed by atoms with E-state index in [2.05, 4.69) is 10.3 Å². The fraction of sp³-hybridized carbons (Fsp3) is 0.750. The minimum atomic E-state index is -1.13. The molecular formula is C24H38N6O6S. The summed E-state index contributed by atoms with van der Waals surface area (Å²) in [5, 5.41) is 23.3. The van der Waals surface area contributed by atoms with Crippen LogP contribution < -0.4 is 11.1 Å². The van der Waals surface area contributed by atoms with E-state index in [0.717, 1.165) is 6.42 Å². The Morgan fingerprint density at radius 1 is 1.35 bits per heavy atom. The molecule has 4 aliphatic heterocycles. The lowest BCUT2D eigenvalue weighted by Gasteiger charge is -2.46. The van der Waals surface area contributed by atoms with Gasteiger partial charge in [0.15, 0.2) is 0 Å². The summed E-state index contributed by atoms with van der Waals surface area (Å²) in [6.07, 6.45) is 0.616. The topological polar surface area (TPSA) is 161 Å². The van der Waals surface area contributed by atoms with Gasteiger partial charge in [0, 0.05) is 41.7 Å². The van der Waals surface area contributed by atoms with Crippen LogP contribution >= 0.6 is 11.8 Å². The third-order valence-electron chi connectivity index (χ3n) is 7.78. The molecule has 5 N–H and O–H groups in total. The van der Waals surface area contributed by atoms with Crippen molar-refractivity contribution < 1.29 is 29.3 Å². The number of nitrogens with one attached hydrogen (secondary N) is 1. The van der Waals surface area contributed by atoms with Crippen LogP contribution in [0.15, 0.2) is 15.6 Å². The monoisotopic (exact) mass is 538 g/mol. The van der Waals surface area contributed by atoms with Crippen molar-refractivity contribution in [3.63, 3.8) is 0 Å². The molecule has 0 aromatic heterocycles. The number of hydrogen-bond donors (Lipinski definition) is 4. The van der Waals surface area contributed by atoms with Crippen LogP contribution in [0.5, 0.6) is 0 Å². The molecule has 0 aromatic rings. The molecule has 3 saturated heterocycles. The fourth-order valence-electron chi connectivity index (χ4n) is 5.89. The number of nitrogens with zero attached hydrogens (tertiary/aromatic N) is 4. The number of carbonyl (C=O) groups excluding carboxylic acids is 2. The Kier molecular flexibility index (Phi) is 8.48. The predicted octanol–water partition coefficient (Wildman–Crippen LogP) is -0.555. The Morgan fingerprint density at radius 3 is 2.73 bits per heavy atom. The van der Waals surface area contributed by atoms with Crippen LogP contribution in [0.3, 0.4) is 0 Å². The van der Waals surface area contributed by atoms with E-state index >= 15 is 0 Å². The number of likely N-dealkylation sites (N-methyl/N-ethyl adjacent to an activating group) is 1. The number of fused-ring (bicyclic) bond motifs is 1. The largest absolute Gasteiger partial charge is 0.477 e. The minimum absolute atomic E-state index is 0.0287. The Labute approximate surface area is 221 Å². The number of β-lactam (4-membered cyclic amide) rings is 1. The zero-order chi connectivity index (χ0) is 27.0. The van der Waals surface area contributed by atoms with Crippen molar-refractivity contribution in [1.82, 2.24) is 20.0 Å².